The monoisotopic (exact) mass is 721 g/mol. The van der Waals surface area contributed by atoms with Crippen molar-refractivity contribution in [1.29, 1.82) is 0 Å². The average molecular weight is 722 g/mol. The zero-order valence-corrected chi connectivity index (χ0v) is 30.4. The predicted molar refractivity (Wildman–Crippen MR) is 226 cm³/mol. The van der Waals surface area contributed by atoms with Gasteiger partial charge in [0, 0.05) is 53.6 Å². The Bertz CT molecular complexity index is 2890. The van der Waals surface area contributed by atoms with Crippen LogP contribution >= 0.6 is 11.3 Å². The number of rotatable bonds is 7. The van der Waals surface area contributed by atoms with Crippen molar-refractivity contribution in [2.75, 3.05) is 0 Å². The van der Waals surface area contributed by atoms with Gasteiger partial charge in [-0.3, -0.25) is 0 Å². The van der Waals surface area contributed by atoms with Gasteiger partial charge >= 0.3 is 0 Å². The van der Waals surface area contributed by atoms with Gasteiger partial charge in [-0.2, -0.15) is 0 Å². The molecule has 3 heterocycles. The third kappa shape index (κ3) is 6.35. The van der Waals surface area contributed by atoms with Crippen molar-refractivity contribution >= 4 is 31.5 Å². The number of hydrogen-bond acceptors (Lipinski definition) is 6. The van der Waals surface area contributed by atoms with Crippen LogP contribution in [0.15, 0.2) is 188 Å². The van der Waals surface area contributed by atoms with Crippen LogP contribution in [0.3, 0.4) is 0 Å². The highest BCUT2D eigenvalue weighted by Crippen LogP contribution is 2.42. The Morgan fingerprint density at radius 2 is 0.745 bits per heavy atom. The molecule has 0 saturated carbocycles. The summed E-state index contributed by atoms with van der Waals surface area (Å²) in [6.07, 6.45) is 0. The van der Waals surface area contributed by atoms with Crippen LogP contribution in [0.1, 0.15) is 0 Å². The number of thiophene rings is 1. The van der Waals surface area contributed by atoms with Crippen molar-refractivity contribution in [3.63, 3.8) is 0 Å². The minimum atomic E-state index is 0.638. The van der Waals surface area contributed by atoms with E-state index in [4.69, 9.17) is 24.9 Å². The summed E-state index contributed by atoms with van der Waals surface area (Å²) in [5.41, 5.74) is 9.99. The second kappa shape index (κ2) is 14.0. The van der Waals surface area contributed by atoms with Crippen molar-refractivity contribution in [1.82, 2.24) is 24.9 Å². The van der Waals surface area contributed by atoms with Crippen molar-refractivity contribution in [2.45, 2.75) is 0 Å². The molecule has 55 heavy (non-hydrogen) atoms. The van der Waals surface area contributed by atoms with E-state index in [0.29, 0.717) is 23.3 Å². The highest BCUT2D eigenvalue weighted by Gasteiger charge is 2.18. The minimum absolute atomic E-state index is 0.638. The van der Waals surface area contributed by atoms with Gasteiger partial charge in [0.15, 0.2) is 23.3 Å². The lowest BCUT2D eigenvalue weighted by atomic mass is 10.0. The van der Waals surface area contributed by atoms with Crippen molar-refractivity contribution < 1.29 is 0 Å². The summed E-state index contributed by atoms with van der Waals surface area (Å²) in [4.78, 5) is 25.2. The first-order valence-corrected chi connectivity index (χ1v) is 19.0. The lowest BCUT2D eigenvalue weighted by molar-refractivity contribution is 1.07. The van der Waals surface area contributed by atoms with Gasteiger partial charge in [0.25, 0.3) is 0 Å². The van der Waals surface area contributed by atoms with Gasteiger partial charge in [0.2, 0.25) is 0 Å². The standard InChI is InChI=1S/C49H31N5S/c1-5-14-32(15-6-1)33-24-26-37(27-25-33)46-50-41(34-16-7-2-8-17-34)31-42(51-46)39-22-13-23-43-45(39)40-29-28-38(30-44(40)55-43)49-53-47(35-18-9-3-10-19-35)52-48(54-49)36-20-11-4-12-21-36/h1-31H. The Kier molecular flexibility index (Phi) is 8.28. The third-order valence-electron chi connectivity index (χ3n) is 9.78. The summed E-state index contributed by atoms with van der Waals surface area (Å²) in [6.45, 7) is 0. The van der Waals surface area contributed by atoms with Crippen LogP contribution in [0.5, 0.6) is 0 Å². The first kappa shape index (κ1) is 32.5. The highest BCUT2D eigenvalue weighted by molar-refractivity contribution is 7.26. The minimum Gasteiger partial charge on any atom is -0.228 e. The molecule has 0 aliphatic carbocycles. The molecule has 6 heteroatoms. The summed E-state index contributed by atoms with van der Waals surface area (Å²) in [5.74, 6) is 2.62. The third-order valence-corrected chi connectivity index (χ3v) is 10.9. The Morgan fingerprint density at radius 3 is 1.36 bits per heavy atom. The maximum absolute atomic E-state index is 5.25. The van der Waals surface area contributed by atoms with E-state index in [0.717, 1.165) is 60.4 Å². The summed E-state index contributed by atoms with van der Waals surface area (Å²) in [6, 6.07) is 64.6. The van der Waals surface area contributed by atoms with E-state index in [1.807, 2.05) is 84.9 Å². The molecular weight excluding hydrogens is 691 g/mol. The van der Waals surface area contributed by atoms with E-state index in [1.165, 1.54) is 15.6 Å². The van der Waals surface area contributed by atoms with Crippen molar-refractivity contribution in [2.24, 2.45) is 0 Å². The Hall–Kier alpha value is -7.15. The SMILES string of the molecule is c1ccc(-c2ccc(-c3nc(-c4ccccc4)cc(-c4cccc5sc6cc(-c7nc(-c8ccccc8)nc(-c8ccccc8)n7)ccc6c45)n3)cc2)cc1. The van der Waals surface area contributed by atoms with E-state index in [-0.39, 0.29) is 0 Å². The quantitative estimate of drug-likeness (QED) is 0.164. The van der Waals surface area contributed by atoms with Crippen LogP contribution in [-0.2, 0) is 0 Å². The lowest BCUT2D eigenvalue weighted by Gasteiger charge is -2.11. The normalized spacial score (nSPS) is 11.3. The molecule has 0 bridgehead atoms. The van der Waals surface area contributed by atoms with E-state index in [1.54, 1.807) is 11.3 Å². The highest BCUT2D eigenvalue weighted by atomic mass is 32.1. The maximum atomic E-state index is 5.25. The number of aromatic nitrogens is 5. The summed E-state index contributed by atoms with van der Waals surface area (Å²) < 4.78 is 2.33. The van der Waals surface area contributed by atoms with Gasteiger partial charge < -0.3 is 0 Å². The topological polar surface area (TPSA) is 64.5 Å². The smallest absolute Gasteiger partial charge is 0.164 e. The van der Waals surface area contributed by atoms with E-state index in [2.05, 4.69) is 103 Å². The molecule has 10 rings (SSSR count). The Balaban J connectivity index is 1.10. The van der Waals surface area contributed by atoms with Crippen molar-refractivity contribution in [3.05, 3.63) is 188 Å². The number of benzene rings is 7. The van der Waals surface area contributed by atoms with Crippen LogP contribution in [0.25, 0.3) is 99.4 Å². The second-order valence-corrected chi connectivity index (χ2v) is 14.4. The molecule has 0 aliphatic rings. The Labute approximate surface area is 322 Å². The molecular formula is C49H31N5S. The molecule has 10 aromatic rings. The van der Waals surface area contributed by atoms with Crippen LogP contribution in [-0.4, -0.2) is 24.9 Å². The van der Waals surface area contributed by atoms with E-state index >= 15 is 0 Å². The van der Waals surface area contributed by atoms with Crippen LogP contribution in [0.4, 0.5) is 0 Å². The molecule has 3 aromatic heterocycles. The number of nitrogens with zero attached hydrogens (tertiary/aromatic N) is 5. The van der Waals surface area contributed by atoms with E-state index in [9.17, 15) is 0 Å². The fourth-order valence-corrected chi connectivity index (χ4v) is 8.20. The second-order valence-electron chi connectivity index (χ2n) is 13.3. The molecule has 5 nitrogen and oxygen atoms in total. The predicted octanol–water partition coefficient (Wildman–Crippen LogP) is 12.7. The van der Waals surface area contributed by atoms with Gasteiger partial charge in [0.05, 0.1) is 11.4 Å². The van der Waals surface area contributed by atoms with Crippen LogP contribution in [0, 0.1) is 0 Å². The lowest BCUT2D eigenvalue weighted by Crippen LogP contribution is -2.00. The average Bonchev–Trinajstić information content (AvgIpc) is 3.66. The van der Waals surface area contributed by atoms with Gasteiger partial charge in [-0.25, -0.2) is 24.9 Å². The molecule has 0 saturated heterocycles. The number of hydrogen-bond donors (Lipinski definition) is 0. The fraction of sp³-hybridized carbons (Fsp3) is 0. The zero-order valence-electron chi connectivity index (χ0n) is 29.5. The first-order valence-electron chi connectivity index (χ1n) is 18.2. The largest absolute Gasteiger partial charge is 0.228 e. The van der Waals surface area contributed by atoms with Gasteiger partial charge in [0.1, 0.15) is 0 Å². The fourth-order valence-electron chi connectivity index (χ4n) is 7.03. The van der Waals surface area contributed by atoms with Gasteiger partial charge in [-0.05, 0) is 29.3 Å². The molecule has 0 radical (unpaired) electrons. The van der Waals surface area contributed by atoms with Gasteiger partial charge in [-0.15, -0.1) is 11.3 Å². The van der Waals surface area contributed by atoms with E-state index < -0.39 is 0 Å². The van der Waals surface area contributed by atoms with Crippen LogP contribution in [0.2, 0.25) is 0 Å². The summed E-state index contributed by atoms with van der Waals surface area (Å²) >= 11 is 1.77. The number of fused-ring (bicyclic) bond motifs is 3. The molecule has 0 amide bonds. The molecule has 0 spiro atoms. The molecule has 0 fully saturated rings. The first-order chi connectivity index (χ1) is 27.2. The molecule has 0 atom stereocenters. The zero-order chi connectivity index (χ0) is 36.6. The molecule has 258 valence electrons. The molecule has 0 aliphatic heterocycles. The molecule has 0 N–H and O–H groups in total. The summed E-state index contributed by atoms with van der Waals surface area (Å²) in [5, 5.41) is 2.33. The Morgan fingerprint density at radius 1 is 0.291 bits per heavy atom. The van der Waals surface area contributed by atoms with Gasteiger partial charge in [-0.1, -0.05) is 170 Å². The molecule has 0 unspecified atom stereocenters. The maximum Gasteiger partial charge on any atom is 0.164 e. The summed E-state index contributed by atoms with van der Waals surface area (Å²) in [7, 11) is 0. The van der Waals surface area contributed by atoms with Crippen molar-refractivity contribution in [3.8, 4) is 79.2 Å². The van der Waals surface area contributed by atoms with Crippen LogP contribution < -0.4 is 0 Å². The molecule has 7 aromatic carbocycles.